The molecule has 0 aliphatic carbocycles. The fourth-order valence-corrected chi connectivity index (χ4v) is 4.76. The van der Waals surface area contributed by atoms with Crippen LogP contribution in [-0.2, 0) is 10.0 Å². The van der Waals surface area contributed by atoms with Crippen LogP contribution < -0.4 is 4.72 Å². The van der Waals surface area contributed by atoms with Gasteiger partial charge in [0.25, 0.3) is 0 Å². The van der Waals surface area contributed by atoms with Gasteiger partial charge in [-0.15, -0.1) is 0 Å². The zero-order valence-electron chi connectivity index (χ0n) is 10.7. The molecule has 4 nitrogen and oxygen atoms in total. The fraction of sp³-hybridized carbons (Fsp3) is 0.462. The van der Waals surface area contributed by atoms with Gasteiger partial charge < -0.3 is 0 Å². The van der Waals surface area contributed by atoms with E-state index in [9.17, 15) is 8.42 Å². The number of thioether (sulfide) groups is 1. The molecule has 1 heterocycles. The summed E-state index contributed by atoms with van der Waals surface area (Å²) >= 11 is 1.80. The molecule has 6 heteroatoms. The molecule has 0 saturated carbocycles. The molecule has 1 aromatic carbocycles. The van der Waals surface area contributed by atoms with Gasteiger partial charge >= 0.3 is 0 Å². The predicted octanol–water partition coefficient (Wildman–Crippen LogP) is 2.12. The Kier molecular flexibility index (Phi) is 4.19. The van der Waals surface area contributed by atoms with Crippen LogP contribution in [0.4, 0.5) is 0 Å². The molecular formula is C13H16N2O2S2. The Morgan fingerprint density at radius 3 is 2.84 bits per heavy atom. The second-order valence-corrected chi connectivity index (χ2v) is 8.25. The largest absolute Gasteiger partial charge is 0.241 e. The minimum Gasteiger partial charge on any atom is -0.210 e. The lowest BCUT2D eigenvalue weighted by Crippen LogP contribution is -2.37. The molecule has 102 valence electrons. The van der Waals surface area contributed by atoms with Crippen molar-refractivity contribution in [3.8, 4) is 6.07 Å². The summed E-state index contributed by atoms with van der Waals surface area (Å²) in [5.74, 6) is 1.08. The van der Waals surface area contributed by atoms with Crippen molar-refractivity contribution in [2.24, 2.45) is 0 Å². The first kappa shape index (κ1) is 14.4. The van der Waals surface area contributed by atoms with Crippen LogP contribution in [0.3, 0.4) is 0 Å². The third-order valence-electron chi connectivity index (χ3n) is 3.23. The van der Waals surface area contributed by atoms with Crippen LogP contribution in [0.1, 0.15) is 25.3 Å². The molecule has 1 N–H and O–H groups in total. The number of nitrogens with one attached hydrogen (secondary N) is 1. The third kappa shape index (κ3) is 3.30. The predicted molar refractivity (Wildman–Crippen MR) is 76.4 cm³/mol. The molecule has 1 aromatic rings. The quantitative estimate of drug-likeness (QED) is 0.924. The van der Waals surface area contributed by atoms with Gasteiger partial charge in [0.2, 0.25) is 10.0 Å². The Morgan fingerprint density at radius 1 is 1.47 bits per heavy atom. The molecule has 2 rings (SSSR count). The van der Waals surface area contributed by atoms with E-state index in [-0.39, 0.29) is 15.2 Å². The van der Waals surface area contributed by atoms with E-state index in [1.54, 1.807) is 23.9 Å². The number of rotatable bonds is 4. The van der Waals surface area contributed by atoms with E-state index in [0.29, 0.717) is 6.54 Å². The highest BCUT2D eigenvalue weighted by atomic mass is 32.2. The Morgan fingerprint density at radius 2 is 2.21 bits per heavy atom. The van der Waals surface area contributed by atoms with Crippen molar-refractivity contribution >= 4 is 21.8 Å². The molecule has 0 radical (unpaired) electrons. The maximum atomic E-state index is 12.2. The van der Waals surface area contributed by atoms with Crippen LogP contribution in [0.2, 0.25) is 0 Å². The number of nitrogens with zero attached hydrogens (tertiary/aromatic N) is 1. The van der Waals surface area contributed by atoms with Gasteiger partial charge in [0.15, 0.2) is 0 Å². The Balaban J connectivity index is 2.17. The minimum atomic E-state index is -3.61. The van der Waals surface area contributed by atoms with Gasteiger partial charge in [0, 0.05) is 11.3 Å². The topological polar surface area (TPSA) is 70.0 Å². The normalized spacial score (nSPS) is 23.2. The van der Waals surface area contributed by atoms with Crippen molar-refractivity contribution in [3.05, 3.63) is 29.8 Å². The number of benzene rings is 1. The first-order valence-corrected chi connectivity index (χ1v) is 8.56. The summed E-state index contributed by atoms with van der Waals surface area (Å²) in [4.78, 5) is 0.0593. The fourth-order valence-electron chi connectivity index (χ4n) is 2.10. The van der Waals surface area contributed by atoms with E-state index in [4.69, 9.17) is 5.26 Å². The number of nitriles is 1. The Bertz CT molecular complexity index is 599. The molecular weight excluding hydrogens is 280 g/mol. The molecule has 1 saturated heterocycles. The van der Waals surface area contributed by atoms with E-state index >= 15 is 0 Å². The summed E-state index contributed by atoms with van der Waals surface area (Å²) in [5, 5.41) is 8.97. The molecule has 19 heavy (non-hydrogen) atoms. The maximum absolute atomic E-state index is 12.2. The number of hydrogen-bond acceptors (Lipinski definition) is 4. The van der Waals surface area contributed by atoms with Crippen molar-refractivity contribution < 1.29 is 8.42 Å². The van der Waals surface area contributed by atoms with Gasteiger partial charge in [0.05, 0.1) is 10.5 Å². The second-order valence-electron chi connectivity index (χ2n) is 4.83. The van der Waals surface area contributed by atoms with Gasteiger partial charge in [-0.05, 0) is 37.7 Å². The van der Waals surface area contributed by atoms with Crippen molar-refractivity contribution in [2.75, 3.05) is 12.3 Å². The summed E-state index contributed by atoms with van der Waals surface area (Å²) < 4.78 is 27.1. The van der Waals surface area contributed by atoms with Crippen molar-refractivity contribution in [2.45, 2.75) is 29.4 Å². The maximum Gasteiger partial charge on any atom is 0.241 e. The minimum absolute atomic E-state index is 0.0331. The molecule has 1 atom stereocenters. The average molecular weight is 296 g/mol. The van der Waals surface area contributed by atoms with E-state index in [1.807, 2.05) is 6.07 Å². The molecule has 1 unspecified atom stereocenters. The average Bonchev–Trinajstić information content (AvgIpc) is 2.84. The summed E-state index contributed by atoms with van der Waals surface area (Å²) in [5.41, 5.74) is 0.180. The molecule has 1 aliphatic rings. The molecule has 1 fully saturated rings. The summed E-state index contributed by atoms with van der Waals surface area (Å²) in [6.45, 7) is 2.48. The molecule has 0 spiro atoms. The van der Waals surface area contributed by atoms with Gasteiger partial charge in [0.1, 0.15) is 6.07 Å². The first-order valence-electron chi connectivity index (χ1n) is 6.10. The molecule has 0 aromatic heterocycles. The zero-order valence-corrected chi connectivity index (χ0v) is 12.4. The van der Waals surface area contributed by atoms with E-state index < -0.39 is 10.0 Å². The standard InChI is InChI=1S/C13H16N2O2S2/c1-13(7-4-8-18-13)10-15-19(16,17)12-6-3-2-5-11(12)9-14/h2-3,5-6,15H,4,7-8,10H2,1H3. The van der Waals surface area contributed by atoms with Gasteiger partial charge in [-0.3, -0.25) is 0 Å². The number of hydrogen-bond donors (Lipinski definition) is 1. The van der Waals surface area contributed by atoms with Crippen LogP contribution in [0.25, 0.3) is 0 Å². The van der Waals surface area contributed by atoms with Gasteiger partial charge in [-0.2, -0.15) is 17.0 Å². The lowest BCUT2D eigenvalue weighted by atomic mass is 10.1. The summed E-state index contributed by atoms with van der Waals surface area (Å²) in [6, 6.07) is 8.18. The SMILES string of the molecule is CC1(CNS(=O)(=O)c2ccccc2C#N)CCCS1. The van der Waals surface area contributed by atoms with Crippen molar-refractivity contribution in [1.29, 1.82) is 5.26 Å². The molecule has 0 bridgehead atoms. The van der Waals surface area contributed by atoms with Crippen LogP contribution in [0.5, 0.6) is 0 Å². The van der Waals surface area contributed by atoms with Gasteiger partial charge in [-0.1, -0.05) is 12.1 Å². The van der Waals surface area contributed by atoms with Crippen LogP contribution in [0.15, 0.2) is 29.2 Å². The zero-order chi connectivity index (χ0) is 13.9. The summed E-state index contributed by atoms with van der Waals surface area (Å²) in [6.07, 6.45) is 2.14. The van der Waals surface area contributed by atoms with Crippen LogP contribution in [-0.4, -0.2) is 25.5 Å². The van der Waals surface area contributed by atoms with E-state index in [1.165, 1.54) is 12.1 Å². The van der Waals surface area contributed by atoms with E-state index in [0.717, 1.165) is 18.6 Å². The van der Waals surface area contributed by atoms with Gasteiger partial charge in [-0.25, -0.2) is 13.1 Å². The lowest BCUT2D eigenvalue weighted by molar-refractivity contribution is 0.552. The summed E-state index contributed by atoms with van der Waals surface area (Å²) in [7, 11) is -3.61. The lowest BCUT2D eigenvalue weighted by Gasteiger charge is -2.22. The van der Waals surface area contributed by atoms with Crippen molar-refractivity contribution in [1.82, 2.24) is 4.72 Å². The van der Waals surface area contributed by atoms with Crippen molar-refractivity contribution in [3.63, 3.8) is 0 Å². The Labute approximate surface area is 118 Å². The van der Waals surface area contributed by atoms with E-state index in [2.05, 4.69) is 11.6 Å². The highest BCUT2D eigenvalue weighted by Gasteiger charge is 2.31. The van der Waals surface area contributed by atoms with Crippen LogP contribution >= 0.6 is 11.8 Å². The van der Waals surface area contributed by atoms with Crippen LogP contribution in [0, 0.1) is 11.3 Å². The first-order chi connectivity index (χ1) is 8.97. The number of sulfonamides is 1. The molecule has 0 amide bonds. The monoisotopic (exact) mass is 296 g/mol. The highest BCUT2D eigenvalue weighted by molar-refractivity contribution is 8.01. The third-order valence-corrected chi connectivity index (χ3v) is 6.23. The smallest absolute Gasteiger partial charge is 0.210 e. The molecule has 1 aliphatic heterocycles. The second kappa shape index (κ2) is 5.53. The Hall–Kier alpha value is -1.03. The highest BCUT2D eigenvalue weighted by Crippen LogP contribution is 2.37.